The standard InChI is InChI=1S/C21H23FN2O5/c1-14(29-21(26)15-3-8-19(27-2)18(22)13-15)20(25)23-16-4-6-17(7-5-16)24-9-11-28-12-10-24/h3-8,13-14H,9-12H2,1-2H3,(H,23,25)/t14-/m1/s1. The third-order valence-corrected chi connectivity index (χ3v) is 4.55. The lowest BCUT2D eigenvalue weighted by Gasteiger charge is -2.28. The highest BCUT2D eigenvalue weighted by atomic mass is 19.1. The average molecular weight is 402 g/mol. The molecule has 1 saturated heterocycles. The van der Waals surface area contributed by atoms with Gasteiger partial charge >= 0.3 is 5.97 Å². The number of nitrogens with zero attached hydrogens (tertiary/aromatic N) is 1. The maximum Gasteiger partial charge on any atom is 0.339 e. The summed E-state index contributed by atoms with van der Waals surface area (Å²) in [5.74, 6) is -1.93. The van der Waals surface area contributed by atoms with Gasteiger partial charge in [0.15, 0.2) is 17.7 Å². The second-order valence-electron chi connectivity index (χ2n) is 6.53. The van der Waals surface area contributed by atoms with Crippen molar-refractivity contribution in [3.63, 3.8) is 0 Å². The van der Waals surface area contributed by atoms with Gasteiger partial charge in [0, 0.05) is 24.5 Å². The predicted octanol–water partition coefficient (Wildman–Crippen LogP) is 2.85. The Balaban J connectivity index is 1.55. The normalized spacial score (nSPS) is 14.8. The van der Waals surface area contributed by atoms with Crippen LogP contribution in [-0.2, 0) is 14.3 Å². The molecular formula is C21H23FN2O5. The van der Waals surface area contributed by atoms with E-state index in [-0.39, 0.29) is 11.3 Å². The molecule has 1 heterocycles. The van der Waals surface area contributed by atoms with Crippen LogP contribution in [0.2, 0.25) is 0 Å². The minimum absolute atomic E-state index is 0.00202. The van der Waals surface area contributed by atoms with Crippen molar-refractivity contribution in [2.24, 2.45) is 0 Å². The molecule has 1 aliphatic rings. The molecule has 8 heteroatoms. The molecule has 0 spiro atoms. The van der Waals surface area contributed by atoms with Crippen molar-refractivity contribution in [2.45, 2.75) is 13.0 Å². The van der Waals surface area contributed by atoms with E-state index in [0.717, 1.165) is 24.8 Å². The third-order valence-electron chi connectivity index (χ3n) is 4.55. The molecule has 2 aromatic rings. The number of esters is 1. The molecule has 2 aromatic carbocycles. The predicted molar refractivity (Wildman–Crippen MR) is 106 cm³/mol. The maximum absolute atomic E-state index is 13.7. The van der Waals surface area contributed by atoms with Crippen LogP contribution < -0.4 is 15.0 Å². The van der Waals surface area contributed by atoms with Gasteiger partial charge in [-0.25, -0.2) is 9.18 Å². The second kappa shape index (κ2) is 9.38. The lowest BCUT2D eigenvalue weighted by Crippen LogP contribution is -2.36. The summed E-state index contributed by atoms with van der Waals surface area (Å²) >= 11 is 0. The molecule has 7 nitrogen and oxygen atoms in total. The summed E-state index contributed by atoms with van der Waals surface area (Å²) in [5.41, 5.74) is 1.63. The van der Waals surface area contributed by atoms with E-state index in [1.165, 1.54) is 26.2 Å². The minimum Gasteiger partial charge on any atom is -0.494 e. The molecule has 1 atom stereocenters. The Kier molecular flexibility index (Phi) is 6.66. The fourth-order valence-corrected chi connectivity index (χ4v) is 2.90. The first-order valence-corrected chi connectivity index (χ1v) is 9.26. The van der Waals surface area contributed by atoms with Crippen molar-refractivity contribution in [1.82, 2.24) is 0 Å². The van der Waals surface area contributed by atoms with Crippen LogP contribution >= 0.6 is 0 Å². The summed E-state index contributed by atoms with van der Waals surface area (Å²) in [6.45, 7) is 4.49. The van der Waals surface area contributed by atoms with Crippen LogP contribution in [0.25, 0.3) is 0 Å². The van der Waals surface area contributed by atoms with Gasteiger partial charge in [0.2, 0.25) is 0 Å². The summed E-state index contributed by atoms with van der Waals surface area (Å²) < 4.78 is 29.0. The zero-order valence-corrected chi connectivity index (χ0v) is 16.3. The number of ether oxygens (including phenoxy) is 3. The van der Waals surface area contributed by atoms with Crippen LogP contribution in [0.3, 0.4) is 0 Å². The Bertz CT molecular complexity index is 866. The lowest BCUT2D eigenvalue weighted by atomic mass is 10.2. The van der Waals surface area contributed by atoms with Crippen LogP contribution in [-0.4, -0.2) is 51.4 Å². The molecular weight excluding hydrogens is 379 g/mol. The van der Waals surface area contributed by atoms with E-state index in [9.17, 15) is 14.0 Å². The van der Waals surface area contributed by atoms with Crippen molar-refractivity contribution in [3.05, 3.63) is 53.8 Å². The monoisotopic (exact) mass is 402 g/mol. The number of amides is 1. The first-order chi connectivity index (χ1) is 14.0. The molecule has 3 rings (SSSR count). The van der Waals surface area contributed by atoms with E-state index >= 15 is 0 Å². The zero-order chi connectivity index (χ0) is 20.8. The number of benzene rings is 2. The lowest BCUT2D eigenvalue weighted by molar-refractivity contribution is -0.123. The molecule has 1 N–H and O–H groups in total. The number of anilines is 2. The Morgan fingerprint density at radius 1 is 1.14 bits per heavy atom. The number of carbonyl (C=O) groups excluding carboxylic acids is 2. The highest BCUT2D eigenvalue weighted by Gasteiger charge is 2.20. The fraction of sp³-hybridized carbons (Fsp3) is 0.333. The van der Waals surface area contributed by atoms with E-state index in [4.69, 9.17) is 14.2 Å². The van der Waals surface area contributed by atoms with Crippen molar-refractivity contribution in [3.8, 4) is 5.75 Å². The first kappa shape index (κ1) is 20.6. The smallest absolute Gasteiger partial charge is 0.339 e. The number of nitrogens with one attached hydrogen (secondary N) is 1. The van der Waals surface area contributed by atoms with Gasteiger partial charge in [-0.1, -0.05) is 0 Å². The summed E-state index contributed by atoms with van der Waals surface area (Å²) in [4.78, 5) is 26.7. The van der Waals surface area contributed by atoms with Gasteiger partial charge in [0.05, 0.1) is 25.9 Å². The number of hydrogen-bond donors (Lipinski definition) is 1. The van der Waals surface area contributed by atoms with Crippen LogP contribution in [0.4, 0.5) is 15.8 Å². The summed E-state index contributed by atoms with van der Waals surface area (Å²) in [6.07, 6.45) is -1.05. The van der Waals surface area contributed by atoms with Gasteiger partial charge in [0.25, 0.3) is 5.91 Å². The number of rotatable bonds is 6. The van der Waals surface area contributed by atoms with Gasteiger partial charge < -0.3 is 24.4 Å². The second-order valence-corrected chi connectivity index (χ2v) is 6.53. The Hall–Kier alpha value is -3.13. The van der Waals surface area contributed by atoms with Crippen molar-refractivity contribution in [1.29, 1.82) is 0 Å². The van der Waals surface area contributed by atoms with Crippen molar-refractivity contribution in [2.75, 3.05) is 43.6 Å². The third kappa shape index (κ3) is 5.23. The van der Waals surface area contributed by atoms with Gasteiger partial charge in [-0.3, -0.25) is 4.79 Å². The zero-order valence-electron chi connectivity index (χ0n) is 16.3. The molecule has 0 aliphatic carbocycles. The minimum atomic E-state index is -1.05. The largest absolute Gasteiger partial charge is 0.494 e. The van der Waals surface area contributed by atoms with E-state index < -0.39 is 23.8 Å². The van der Waals surface area contributed by atoms with E-state index in [0.29, 0.717) is 18.9 Å². The van der Waals surface area contributed by atoms with Crippen molar-refractivity contribution >= 4 is 23.3 Å². The summed E-state index contributed by atoms with van der Waals surface area (Å²) in [6, 6.07) is 11.1. The van der Waals surface area contributed by atoms with Gasteiger partial charge in [-0.05, 0) is 49.4 Å². The quantitative estimate of drug-likeness (QED) is 0.749. The molecule has 0 radical (unpaired) electrons. The molecule has 0 unspecified atom stereocenters. The molecule has 0 bridgehead atoms. The molecule has 1 amide bonds. The first-order valence-electron chi connectivity index (χ1n) is 9.26. The average Bonchev–Trinajstić information content (AvgIpc) is 2.74. The van der Waals surface area contributed by atoms with Crippen LogP contribution in [0, 0.1) is 5.82 Å². The molecule has 0 aromatic heterocycles. The topological polar surface area (TPSA) is 77.1 Å². The number of halogens is 1. The van der Waals surface area contributed by atoms with Crippen molar-refractivity contribution < 1.29 is 28.2 Å². The highest BCUT2D eigenvalue weighted by molar-refractivity contribution is 5.97. The summed E-state index contributed by atoms with van der Waals surface area (Å²) in [5, 5.41) is 2.70. The fourth-order valence-electron chi connectivity index (χ4n) is 2.90. The number of morpholine rings is 1. The highest BCUT2D eigenvalue weighted by Crippen LogP contribution is 2.20. The number of hydrogen-bond acceptors (Lipinski definition) is 6. The molecule has 29 heavy (non-hydrogen) atoms. The Morgan fingerprint density at radius 3 is 2.45 bits per heavy atom. The number of methoxy groups -OCH3 is 1. The van der Waals surface area contributed by atoms with Crippen LogP contribution in [0.1, 0.15) is 17.3 Å². The van der Waals surface area contributed by atoms with Gasteiger partial charge in [0.1, 0.15) is 0 Å². The van der Waals surface area contributed by atoms with Crippen LogP contribution in [0.15, 0.2) is 42.5 Å². The Labute approximate surface area is 168 Å². The SMILES string of the molecule is COc1ccc(C(=O)O[C@H](C)C(=O)Nc2ccc(N3CCOCC3)cc2)cc1F. The molecule has 1 fully saturated rings. The summed E-state index contributed by atoms with van der Waals surface area (Å²) in [7, 11) is 1.33. The van der Waals surface area contributed by atoms with E-state index in [2.05, 4.69) is 10.2 Å². The van der Waals surface area contributed by atoms with Crippen LogP contribution in [0.5, 0.6) is 5.75 Å². The molecule has 0 saturated carbocycles. The van der Waals surface area contributed by atoms with Gasteiger partial charge in [-0.2, -0.15) is 0 Å². The molecule has 1 aliphatic heterocycles. The van der Waals surface area contributed by atoms with E-state index in [1.807, 2.05) is 12.1 Å². The molecule has 154 valence electrons. The Morgan fingerprint density at radius 2 is 1.83 bits per heavy atom. The van der Waals surface area contributed by atoms with E-state index in [1.54, 1.807) is 12.1 Å². The number of carbonyl (C=O) groups is 2. The maximum atomic E-state index is 13.7. The van der Waals surface area contributed by atoms with Gasteiger partial charge in [-0.15, -0.1) is 0 Å².